The van der Waals surface area contributed by atoms with Crippen molar-refractivity contribution in [3.05, 3.63) is 18.1 Å². The van der Waals surface area contributed by atoms with Crippen molar-refractivity contribution in [3.8, 4) is 0 Å². The van der Waals surface area contributed by atoms with Gasteiger partial charge in [0.05, 0.1) is 0 Å². The van der Waals surface area contributed by atoms with Gasteiger partial charge in [-0.05, 0) is 18.8 Å². The van der Waals surface area contributed by atoms with E-state index in [2.05, 4.69) is 27.5 Å². The predicted molar refractivity (Wildman–Crippen MR) is 84.8 cm³/mol. The fraction of sp³-hybridized carbons (Fsp3) is 0.533. The maximum absolute atomic E-state index is 11.8. The van der Waals surface area contributed by atoms with Crippen LogP contribution in [0.5, 0.6) is 0 Å². The minimum Gasteiger partial charge on any atom is -0.451 e. The number of nitrogens with one attached hydrogen (secondary N) is 2. The minimum atomic E-state index is -0.878. The van der Waals surface area contributed by atoms with Gasteiger partial charge in [0, 0.05) is 18.4 Å². The fourth-order valence-electron chi connectivity index (χ4n) is 2.60. The highest BCUT2D eigenvalue weighted by Gasteiger charge is 2.23. The number of rotatable bonds is 4. The number of urea groups is 1. The zero-order chi connectivity index (χ0) is 17.5. The van der Waals surface area contributed by atoms with E-state index < -0.39 is 24.5 Å². The van der Waals surface area contributed by atoms with Crippen LogP contribution in [-0.4, -0.2) is 40.5 Å². The van der Waals surface area contributed by atoms with Crippen molar-refractivity contribution < 1.29 is 19.1 Å². The van der Waals surface area contributed by atoms with Gasteiger partial charge in [0.25, 0.3) is 5.91 Å². The Morgan fingerprint density at radius 1 is 1.25 bits per heavy atom. The molecule has 3 amide bonds. The molecule has 0 aliphatic heterocycles. The number of ether oxygens (including phenoxy) is 1. The summed E-state index contributed by atoms with van der Waals surface area (Å²) in [5.41, 5.74) is 5.31. The van der Waals surface area contributed by atoms with Crippen molar-refractivity contribution in [2.24, 2.45) is 5.92 Å². The summed E-state index contributed by atoms with van der Waals surface area (Å²) in [4.78, 5) is 42.6. The van der Waals surface area contributed by atoms with Gasteiger partial charge in [-0.25, -0.2) is 19.6 Å². The van der Waals surface area contributed by atoms with E-state index >= 15 is 0 Å². The summed E-state index contributed by atoms with van der Waals surface area (Å²) < 4.78 is 4.77. The molecule has 9 heteroatoms. The Labute approximate surface area is 139 Å². The standard InChI is InChI=1S/C15H21N5O4/c1-9-4-2-3-5-10(9)19-15(23)20-11(21)8-24-14(22)12-13(16)18-7-6-17-12/h6-7,9-10H,2-5,8H2,1H3,(H2,16,18)(H2,19,20,21,23)/t9-,10+/m1/s1. The summed E-state index contributed by atoms with van der Waals surface area (Å²) in [5, 5.41) is 4.91. The van der Waals surface area contributed by atoms with Crippen LogP contribution in [0.15, 0.2) is 12.4 Å². The number of amides is 3. The lowest BCUT2D eigenvalue weighted by Crippen LogP contribution is -2.48. The molecule has 0 aromatic carbocycles. The maximum atomic E-state index is 11.8. The van der Waals surface area contributed by atoms with Gasteiger partial charge in [-0.2, -0.15) is 0 Å². The first kappa shape index (κ1) is 17.6. The molecule has 1 fully saturated rings. The lowest BCUT2D eigenvalue weighted by Gasteiger charge is -2.29. The van der Waals surface area contributed by atoms with E-state index in [0.717, 1.165) is 25.7 Å². The lowest BCUT2D eigenvalue weighted by molar-refractivity contribution is -0.123. The van der Waals surface area contributed by atoms with Gasteiger partial charge in [-0.15, -0.1) is 0 Å². The van der Waals surface area contributed by atoms with Crippen LogP contribution in [0.3, 0.4) is 0 Å². The summed E-state index contributed by atoms with van der Waals surface area (Å²) in [5.74, 6) is -1.33. The number of carbonyl (C=O) groups excluding carboxylic acids is 3. The third-order valence-electron chi connectivity index (χ3n) is 3.94. The molecule has 1 heterocycles. The molecule has 1 aliphatic carbocycles. The summed E-state index contributed by atoms with van der Waals surface area (Å²) in [6, 6.07) is -0.540. The minimum absolute atomic E-state index is 0.0495. The van der Waals surface area contributed by atoms with Gasteiger partial charge in [-0.3, -0.25) is 10.1 Å². The van der Waals surface area contributed by atoms with E-state index in [9.17, 15) is 14.4 Å². The fourth-order valence-corrected chi connectivity index (χ4v) is 2.60. The number of hydrogen-bond donors (Lipinski definition) is 3. The van der Waals surface area contributed by atoms with E-state index in [1.165, 1.54) is 12.4 Å². The normalized spacial score (nSPS) is 20.0. The second kappa shape index (κ2) is 8.23. The number of anilines is 1. The van der Waals surface area contributed by atoms with Crippen LogP contribution in [0, 0.1) is 5.92 Å². The number of carbonyl (C=O) groups is 3. The average Bonchev–Trinajstić information content (AvgIpc) is 2.55. The molecule has 0 radical (unpaired) electrons. The first-order chi connectivity index (χ1) is 11.5. The van der Waals surface area contributed by atoms with E-state index in [1.54, 1.807) is 0 Å². The van der Waals surface area contributed by atoms with Gasteiger partial charge < -0.3 is 15.8 Å². The van der Waals surface area contributed by atoms with Crippen molar-refractivity contribution >= 4 is 23.7 Å². The zero-order valence-electron chi connectivity index (χ0n) is 13.4. The molecule has 0 spiro atoms. The molecule has 1 saturated carbocycles. The molecule has 9 nitrogen and oxygen atoms in total. The second-order valence-corrected chi connectivity index (χ2v) is 5.76. The molecule has 0 saturated heterocycles. The number of imide groups is 1. The van der Waals surface area contributed by atoms with E-state index in [1.807, 2.05) is 0 Å². The smallest absolute Gasteiger partial charge is 0.361 e. The Morgan fingerprint density at radius 3 is 2.67 bits per heavy atom. The molecular weight excluding hydrogens is 314 g/mol. The second-order valence-electron chi connectivity index (χ2n) is 5.76. The Kier molecular flexibility index (Phi) is 6.05. The highest BCUT2D eigenvalue weighted by molar-refractivity contribution is 5.97. The van der Waals surface area contributed by atoms with Crippen LogP contribution in [0.4, 0.5) is 10.6 Å². The van der Waals surface area contributed by atoms with Crippen LogP contribution in [0.2, 0.25) is 0 Å². The molecule has 0 unspecified atom stereocenters. The Hall–Kier alpha value is -2.71. The molecule has 4 N–H and O–H groups in total. The van der Waals surface area contributed by atoms with Crippen molar-refractivity contribution in [1.82, 2.24) is 20.6 Å². The highest BCUT2D eigenvalue weighted by Crippen LogP contribution is 2.23. The predicted octanol–water partition coefficient (Wildman–Crippen LogP) is 0.620. The Balaban J connectivity index is 1.75. The topological polar surface area (TPSA) is 136 Å². The first-order valence-corrected chi connectivity index (χ1v) is 7.81. The third kappa shape index (κ3) is 4.90. The molecule has 2 atom stereocenters. The van der Waals surface area contributed by atoms with Crippen molar-refractivity contribution in [2.75, 3.05) is 12.3 Å². The Bertz CT molecular complexity index is 622. The molecule has 1 aromatic heterocycles. The largest absolute Gasteiger partial charge is 0.451 e. The van der Waals surface area contributed by atoms with Gasteiger partial charge in [0.2, 0.25) is 0 Å². The van der Waals surface area contributed by atoms with E-state index in [-0.39, 0.29) is 17.6 Å². The SMILES string of the molecule is C[C@@H]1CCCC[C@@H]1NC(=O)NC(=O)COC(=O)c1nccnc1N. The molecular formula is C15H21N5O4. The van der Waals surface area contributed by atoms with Gasteiger partial charge in [0.1, 0.15) is 0 Å². The summed E-state index contributed by atoms with van der Waals surface area (Å²) in [6.07, 6.45) is 6.77. The van der Waals surface area contributed by atoms with E-state index in [0.29, 0.717) is 5.92 Å². The number of aromatic nitrogens is 2. The molecule has 1 aliphatic rings. The average molecular weight is 335 g/mol. The summed E-state index contributed by atoms with van der Waals surface area (Å²) in [6.45, 7) is 1.46. The molecule has 0 bridgehead atoms. The van der Waals surface area contributed by atoms with E-state index in [4.69, 9.17) is 10.5 Å². The number of esters is 1. The van der Waals surface area contributed by atoms with Gasteiger partial charge in [-0.1, -0.05) is 19.8 Å². The first-order valence-electron chi connectivity index (χ1n) is 7.81. The van der Waals surface area contributed by atoms with Crippen molar-refractivity contribution in [3.63, 3.8) is 0 Å². The molecule has 130 valence electrons. The summed E-state index contributed by atoms with van der Waals surface area (Å²) >= 11 is 0. The van der Waals surface area contributed by atoms with Crippen LogP contribution in [-0.2, 0) is 9.53 Å². The van der Waals surface area contributed by atoms with Crippen LogP contribution in [0.25, 0.3) is 0 Å². The zero-order valence-corrected chi connectivity index (χ0v) is 13.4. The highest BCUT2D eigenvalue weighted by atomic mass is 16.5. The maximum Gasteiger partial charge on any atom is 0.361 e. The number of nitrogens with zero attached hydrogens (tertiary/aromatic N) is 2. The number of hydrogen-bond acceptors (Lipinski definition) is 7. The quantitative estimate of drug-likeness (QED) is 0.686. The van der Waals surface area contributed by atoms with Crippen LogP contribution >= 0.6 is 0 Å². The van der Waals surface area contributed by atoms with Crippen LogP contribution < -0.4 is 16.4 Å². The third-order valence-corrected chi connectivity index (χ3v) is 3.94. The molecule has 2 rings (SSSR count). The lowest BCUT2D eigenvalue weighted by atomic mass is 9.86. The van der Waals surface area contributed by atoms with Gasteiger partial charge >= 0.3 is 12.0 Å². The van der Waals surface area contributed by atoms with Crippen molar-refractivity contribution in [2.45, 2.75) is 38.6 Å². The monoisotopic (exact) mass is 335 g/mol. The number of nitrogen functional groups attached to an aromatic ring is 1. The number of nitrogens with two attached hydrogens (primary N) is 1. The molecule has 1 aromatic rings. The van der Waals surface area contributed by atoms with Crippen molar-refractivity contribution in [1.29, 1.82) is 0 Å². The summed E-state index contributed by atoms with van der Waals surface area (Å²) in [7, 11) is 0. The van der Waals surface area contributed by atoms with Gasteiger partial charge in [0.15, 0.2) is 18.1 Å². The Morgan fingerprint density at radius 2 is 1.96 bits per heavy atom. The van der Waals surface area contributed by atoms with Crippen LogP contribution in [0.1, 0.15) is 43.1 Å². The molecule has 24 heavy (non-hydrogen) atoms.